The van der Waals surface area contributed by atoms with E-state index in [2.05, 4.69) is 51.3 Å². The third-order valence-corrected chi connectivity index (χ3v) is 7.06. The molecular weight excluding hydrogens is 516 g/mol. The van der Waals surface area contributed by atoms with Gasteiger partial charge in [0.2, 0.25) is 0 Å². The van der Waals surface area contributed by atoms with Crippen molar-refractivity contribution in [3.63, 3.8) is 0 Å². The molecular formula is C35H48O6. The molecule has 6 nitrogen and oxygen atoms in total. The van der Waals surface area contributed by atoms with E-state index in [1.54, 1.807) is 27.7 Å². The third kappa shape index (κ3) is 9.40. The molecule has 41 heavy (non-hydrogen) atoms. The van der Waals surface area contributed by atoms with Crippen LogP contribution in [0.3, 0.4) is 0 Å². The summed E-state index contributed by atoms with van der Waals surface area (Å²) >= 11 is 0. The lowest BCUT2D eigenvalue weighted by Crippen LogP contribution is -2.42. The second-order valence-electron chi connectivity index (χ2n) is 13.1. The molecule has 0 saturated heterocycles. The van der Waals surface area contributed by atoms with Crippen LogP contribution in [0.15, 0.2) is 73.8 Å². The molecule has 0 bridgehead atoms. The van der Waals surface area contributed by atoms with Crippen LogP contribution in [-0.4, -0.2) is 47.2 Å². The van der Waals surface area contributed by atoms with E-state index in [1.807, 2.05) is 52.0 Å². The predicted octanol–water partition coefficient (Wildman–Crippen LogP) is 7.43. The summed E-state index contributed by atoms with van der Waals surface area (Å²) in [7, 11) is 0. The number of hydrogen-bond acceptors (Lipinski definition) is 6. The number of benzene rings is 2. The lowest BCUT2D eigenvalue weighted by atomic mass is 9.78. The minimum atomic E-state index is -0.955. The third-order valence-electron chi connectivity index (χ3n) is 7.06. The van der Waals surface area contributed by atoms with E-state index < -0.39 is 22.4 Å². The second-order valence-corrected chi connectivity index (χ2v) is 13.1. The Morgan fingerprint density at radius 3 is 1.15 bits per heavy atom. The highest BCUT2D eigenvalue weighted by Crippen LogP contribution is 2.34. The van der Waals surface area contributed by atoms with Gasteiger partial charge in [-0.15, -0.1) is 0 Å². The van der Waals surface area contributed by atoms with E-state index in [9.17, 15) is 9.59 Å². The van der Waals surface area contributed by atoms with Gasteiger partial charge in [0.15, 0.2) is 11.6 Å². The fraction of sp³-hybridized carbons (Fsp3) is 0.486. The number of ketones is 2. The van der Waals surface area contributed by atoms with Crippen molar-refractivity contribution in [2.24, 2.45) is 0 Å². The smallest absolute Gasteiger partial charge is 0.186 e. The average Bonchev–Trinajstić information content (AvgIpc) is 2.90. The Balaban J connectivity index is 2.06. The van der Waals surface area contributed by atoms with Crippen LogP contribution < -0.4 is 9.47 Å². The van der Waals surface area contributed by atoms with Gasteiger partial charge in [0.25, 0.3) is 0 Å². The number of rotatable bonds is 16. The Hall–Kier alpha value is -3.22. The van der Waals surface area contributed by atoms with Gasteiger partial charge in [0, 0.05) is 5.41 Å². The number of carbonyl (C=O) groups is 2. The highest BCUT2D eigenvalue weighted by atomic mass is 16.6. The molecule has 0 amide bonds. The van der Waals surface area contributed by atoms with Gasteiger partial charge in [-0.1, -0.05) is 51.3 Å². The maximum Gasteiger partial charge on any atom is 0.186 e. The molecule has 0 heterocycles. The number of hydrogen-bond donors (Lipinski definition) is 0. The van der Waals surface area contributed by atoms with Crippen molar-refractivity contribution >= 4 is 11.6 Å². The van der Waals surface area contributed by atoms with Crippen LogP contribution in [0, 0.1) is 0 Å². The van der Waals surface area contributed by atoms with Gasteiger partial charge < -0.3 is 18.9 Å². The number of ether oxygens (including phenoxy) is 4. The van der Waals surface area contributed by atoms with Crippen LogP contribution >= 0.6 is 0 Å². The van der Waals surface area contributed by atoms with E-state index in [1.165, 1.54) is 12.2 Å². The first-order valence-corrected chi connectivity index (χ1v) is 14.0. The first-order valence-electron chi connectivity index (χ1n) is 14.0. The minimum Gasteiger partial charge on any atom is -0.485 e. The van der Waals surface area contributed by atoms with Crippen molar-refractivity contribution in [3.05, 3.63) is 85.0 Å². The molecule has 224 valence electrons. The summed E-state index contributed by atoms with van der Waals surface area (Å²) in [5.74, 6) is 1.10. The summed E-state index contributed by atoms with van der Waals surface area (Å²) in [6, 6.07) is 16.1. The molecule has 0 aliphatic heterocycles. The molecule has 0 aliphatic carbocycles. The molecule has 6 heteroatoms. The molecule has 0 spiro atoms. The molecule has 0 atom stereocenters. The largest absolute Gasteiger partial charge is 0.485 e. The monoisotopic (exact) mass is 564 g/mol. The molecule has 0 aromatic heterocycles. The van der Waals surface area contributed by atoms with Crippen molar-refractivity contribution in [3.8, 4) is 11.5 Å². The van der Waals surface area contributed by atoms with E-state index in [0.717, 1.165) is 22.6 Å². The summed E-state index contributed by atoms with van der Waals surface area (Å²) in [6.45, 7) is 26.6. The Morgan fingerprint density at radius 2 is 0.878 bits per heavy atom. The molecule has 0 unspecified atom stereocenters. The summed E-state index contributed by atoms with van der Waals surface area (Å²) in [6.07, 6.45) is 2.56. The maximum atomic E-state index is 12.0. The fourth-order valence-electron chi connectivity index (χ4n) is 4.09. The van der Waals surface area contributed by atoms with Gasteiger partial charge in [0.05, 0.1) is 13.2 Å². The van der Waals surface area contributed by atoms with Crippen molar-refractivity contribution in [1.82, 2.24) is 0 Å². The molecule has 2 aromatic carbocycles. The van der Waals surface area contributed by atoms with Crippen LogP contribution in [0.5, 0.6) is 11.5 Å². The lowest BCUT2D eigenvalue weighted by Gasteiger charge is -2.32. The van der Waals surface area contributed by atoms with Gasteiger partial charge in [0.1, 0.15) is 33.9 Å². The maximum absolute atomic E-state index is 12.0. The highest BCUT2D eigenvalue weighted by Gasteiger charge is 2.32. The normalized spacial score (nSPS) is 12.9. The van der Waals surface area contributed by atoms with Crippen molar-refractivity contribution in [2.75, 3.05) is 13.2 Å². The molecule has 0 saturated carbocycles. The van der Waals surface area contributed by atoms with Crippen LogP contribution in [0.25, 0.3) is 0 Å². The summed E-state index contributed by atoms with van der Waals surface area (Å²) in [5.41, 5.74) is -1.19. The fourth-order valence-corrected chi connectivity index (χ4v) is 4.09. The lowest BCUT2D eigenvalue weighted by molar-refractivity contribution is -0.142. The molecule has 0 N–H and O–H groups in total. The van der Waals surface area contributed by atoms with Gasteiger partial charge >= 0.3 is 0 Å². The van der Waals surface area contributed by atoms with Crippen LogP contribution in [-0.2, 0) is 24.5 Å². The molecule has 0 radical (unpaired) electrons. The molecule has 0 aliphatic rings. The quantitative estimate of drug-likeness (QED) is 0.198. The van der Waals surface area contributed by atoms with Gasteiger partial charge in [-0.05, 0) is 103 Å². The SMILES string of the molecule is C=CC(=O)C(C)(C)OCC(C)(C)Oc1ccc(C(C)(C)c2ccc(OC(C)(C)COC(C)(C)C(=O)C=C)cc2)cc1. The molecule has 2 rings (SSSR count). The Bertz CT molecular complexity index is 1120. The summed E-state index contributed by atoms with van der Waals surface area (Å²) < 4.78 is 24.1. The van der Waals surface area contributed by atoms with Crippen molar-refractivity contribution in [2.45, 2.75) is 97.1 Å². The van der Waals surface area contributed by atoms with Crippen LogP contribution in [0.4, 0.5) is 0 Å². The zero-order valence-electron chi connectivity index (χ0n) is 26.6. The standard InChI is InChI=1S/C35H48O6/c1-13-29(36)34(9,10)38-23-31(3,4)40-27-19-15-25(16-20-27)33(7,8)26-17-21-28(22-18-26)41-32(5,6)24-39-35(11,12)30(37)14-2/h13-22H,1-2,23-24H2,3-12H3. The molecule has 2 aromatic rings. The zero-order valence-corrected chi connectivity index (χ0v) is 26.6. The Labute approximate surface area is 246 Å². The summed E-state index contributed by atoms with van der Waals surface area (Å²) in [4.78, 5) is 24.0. The number of carbonyl (C=O) groups excluding carboxylic acids is 2. The van der Waals surface area contributed by atoms with E-state index in [0.29, 0.717) is 0 Å². The van der Waals surface area contributed by atoms with Crippen LogP contribution in [0.1, 0.15) is 80.4 Å². The Kier molecular flexibility index (Phi) is 10.6. The predicted molar refractivity (Wildman–Crippen MR) is 165 cm³/mol. The first kappa shape index (κ1) is 34.0. The van der Waals surface area contributed by atoms with E-state index >= 15 is 0 Å². The first-order chi connectivity index (χ1) is 18.7. The molecule has 0 fully saturated rings. The van der Waals surface area contributed by atoms with Gasteiger partial charge in [-0.25, -0.2) is 0 Å². The summed E-state index contributed by atoms with van der Waals surface area (Å²) in [5, 5.41) is 0. The van der Waals surface area contributed by atoms with E-state index in [-0.39, 0.29) is 30.2 Å². The zero-order chi connectivity index (χ0) is 31.3. The minimum absolute atomic E-state index is 0.168. The highest BCUT2D eigenvalue weighted by molar-refractivity contribution is 5.96. The van der Waals surface area contributed by atoms with Gasteiger partial charge in [-0.3, -0.25) is 9.59 Å². The average molecular weight is 565 g/mol. The van der Waals surface area contributed by atoms with Crippen LogP contribution in [0.2, 0.25) is 0 Å². The van der Waals surface area contributed by atoms with Crippen molar-refractivity contribution < 1.29 is 28.5 Å². The Morgan fingerprint density at radius 1 is 0.585 bits per heavy atom. The van der Waals surface area contributed by atoms with E-state index in [4.69, 9.17) is 18.9 Å². The van der Waals surface area contributed by atoms with Crippen molar-refractivity contribution in [1.29, 1.82) is 0 Å². The second kappa shape index (κ2) is 12.7. The van der Waals surface area contributed by atoms with Gasteiger partial charge in [-0.2, -0.15) is 0 Å². The topological polar surface area (TPSA) is 71.1 Å².